The zero-order chi connectivity index (χ0) is 30.0. The van der Waals surface area contributed by atoms with Crippen molar-refractivity contribution in [3.63, 3.8) is 0 Å². The second-order valence-corrected chi connectivity index (χ2v) is 11.2. The number of nitrogens with two attached hydrogens (primary N) is 1. The molecule has 11 nitrogen and oxygen atoms in total. The molecule has 216 valence electrons. The second kappa shape index (κ2) is 10.0. The molecule has 0 spiro atoms. The van der Waals surface area contributed by atoms with E-state index in [0.29, 0.717) is 35.7 Å². The van der Waals surface area contributed by atoms with Gasteiger partial charge in [-0.3, -0.25) is 24.2 Å². The third kappa shape index (κ3) is 4.19. The van der Waals surface area contributed by atoms with E-state index < -0.39 is 58.0 Å². The molecule has 0 aliphatic heterocycles. The van der Waals surface area contributed by atoms with Crippen molar-refractivity contribution in [3.05, 3.63) is 76.5 Å². The van der Waals surface area contributed by atoms with Crippen LogP contribution in [0.25, 0.3) is 11.3 Å². The number of aromatic hydroxyl groups is 1. The number of allylic oxidation sites excluding steroid dienone is 1. The first-order chi connectivity index (χ1) is 19.3. The number of phenols is 1. The van der Waals surface area contributed by atoms with E-state index in [-0.39, 0.29) is 29.7 Å². The molecule has 41 heavy (non-hydrogen) atoms. The van der Waals surface area contributed by atoms with E-state index >= 15 is 0 Å². The molecule has 1 amide bonds. The molecule has 11 heteroatoms. The number of phenolic OH excluding ortho intramolecular Hbond substituents is 1. The molecule has 0 saturated carbocycles. The van der Waals surface area contributed by atoms with Crippen LogP contribution in [0.15, 0.2) is 64.0 Å². The minimum Gasteiger partial charge on any atom is -0.510 e. The molecule has 3 aliphatic carbocycles. The van der Waals surface area contributed by atoms with Gasteiger partial charge in [0.15, 0.2) is 11.4 Å². The van der Waals surface area contributed by atoms with Crippen molar-refractivity contribution in [3.8, 4) is 17.1 Å². The molecule has 5 rings (SSSR count). The van der Waals surface area contributed by atoms with Crippen LogP contribution in [0, 0.1) is 11.8 Å². The Hall–Kier alpha value is -4.19. The Labute approximate surface area is 236 Å². The predicted molar refractivity (Wildman–Crippen MR) is 148 cm³/mol. The Bertz CT molecular complexity index is 1550. The predicted octanol–water partition coefficient (Wildman–Crippen LogP) is 2.00. The Kier molecular flexibility index (Phi) is 6.93. The summed E-state index contributed by atoms with van der Waals surface area (Å²) in [6, 6.07) is 5.58. The summed E-state index contributed by atoms with van der Waals surface area (Å²) >= 11 is 0. The van der Waals surface area contributed by atoms with Gasteiger partial charge < -0.3 is 30.6 Å². The number of hydrogen-bond donors (Lipinski definition) is 5. The molecule has 4 atom stereocenters. The van der Waals surface area contributed by atoms with Gasteiger partial charge in [0.05, 0.1) is 18.2 Å². The molecule has 0 saturated heterocycles. The van der Waals surface area contributed by atoms with Crippen molar-refractivity contribution in [2.24, 2.45) is 17.6 Å². The molecule has 6 N–H and O–H groups in total. The highest BCUT2D eigenvalue weighted by Crippen LogP contribution is 2.53. The van der Waals surface area contributed by atoms with Crippen LogP contribution in [0.2, 0.25) is 0 Å². The number of likely N-dealkylation sites (N-methyl/N-ethyl adjacent to an activating group) is 2. The van der Waals surface area contributed by atoms with Crippen LogP contribution in [0.3, 0.4) is 0 Å². The topological polar surface area (TPSA) is 178 Å². The van der Waals surface area contributed by atoms with E-state index in [9.17, 15) is 34.8 Å². The summed E-state index contributed by atoms with van der Waals surface area (Å²) in [7, 11) is 5.10. The smallest absolute Gasteiger partial charge is 0.255 e. The number of aliphatic hydroxyl groups is 3. The fourth-order valence-corrected chi connectivity index (χ4v) is 6.64. The minimum absolute atomic E-state index is 0.0105. The average Bonchev–Trinajstić information content (AvgIpc) is 3.34. The first-order valence-electron chi connectivity index (χ1n) is 13.2. The maximum absolute atomic E-state index is 13.9. The number of nitrogens with zero attached hydrogens (tertiary/aromatic N) is 2. The Morgan fingerprint density at radius 1 is 1.17 bits per heavy atom. The van der Waals surface area contributed by atoms with E-state index in [1.165, 1.54) is 11.0 Å². The summed E-state index contributed by atoms with van der Waals surface area (Å²) in [5.74, 6) is -5.68. The van der Waals surface area contributed by atoms with Crippen LogP contribution in [-0.4, -0.2) is 87.0 Å². The average molecular weight is 564 g/mol. The number of aliphatic hydroxyl groups excluding tert-OH is 2. The number of benzene rings is 1. The van der Waals surface area contributed by atoms with Gasteiger partial charge in [-0.05, 0) is 69.7 Å². The zero-order valence-electron chi connectivity index (χ0n) is 23.0. The summed E-state index contributed by atoms with van der Waals surface area (Å²) in [5, 5.41) is 44.8. The van der Waals surface area contributed by atoms with Gasteiger partial charge in [0.1, 0.15) is 34.4 Å². The van der Waals surface area contributed by atoms with E-state index in [0.717, 1.165) is 0 Å². The highest BCUT2D eigenvalue weighted by Gasteiger charge is 2.63. The first-order valence-corrected chi connectivity index (χ1v) is 13.2. The highest BCUT2D eigenvalue weighted by molar-refractivity contribution is 6.24. The van der Waals surface area contributed by atoms with Crippen molar-refractivity contribution in [1.82, 2.24) is 9.80 Å². The molecule has 0 fully saturated rings. The van der Waals surface area contributed by atoms with Crippen LogP contribution >= 0.6 is 0 Å². The number of carbonyl (C=O) groups is 3. The van der Waals surface area contributed by atoms with Crippen LogP contribution in [0.5, 0.6) is 5.75 Å². The second-order valence-electron chi connectivity index (χ2n) is 11.2. The number of primary amides is 1. The molecule has 0 bridgehead atoms. The summed E-state index contributed by atoms with van der Waals surface area (Å²) < 4.78 is 6.09. The number of Topliss-reactive ketones (excluding diaryl/α,β-unsaturated/α-hetero) is 2. The van der Waals surface area contributed by atoms with Crippen LogP contribution in [0.1, 0.15) is 28.1 Å². The largest absolute Gasteiger partial charge is 0.510 e. The first kappa shape index (κ1) is 28.3. The van der Waals surface area contributed by atoms with E-state index in [2.05, 4.69) is 6.58 Å². The fourth-order valence-electron chi connectivity index (χ4n) is 6.64. The molecular weight excluding hydrogens is 530 g/mol. The SMILES string of the molecule is C=CCN(C)Cc1ccc(-c2ccc(O)c3c2C[C@H]2C[C@H]4[C@H](N(C)C)C(O)=C(C(N)=O)C(=O)[C@@]4(O)C(O)=C2C3=O)o1. The molecule has 3 aliphatic rings. The van der Waals surface area contributed by atoms with E-state index in [4.69, 9.17) is 10.2 Å². The van der Waals surface area contributed by atoms with Gasteiger partial charge in [-0.1, -0.05) is 6.08 Å². The molecule has 0 unspecified atom stereocenters. The van der Waals surface area contributed by atoms with Crippen LogP contribution in [-0.2, 0) is 22.6 Å². The molecule has 1 aromatic carbocycles. The Morgan fingerprint density at radius 2 is 1.88 bits per heavy atom. The van der Waals surface area contributed by atoms with Gasteiger partial charge >= 0.3 is 0 Å². The Balaban J connectivity index is 1.63. The number of furan rings is 1. The summed E-state index contributed by atoms with van der Waals surface area (Å²) in [6.45, 7) is 4.93. The number of amides is 1. The molecule has 1 aromatic heterocycles. The maximum Gasteiger partial charge on any atom is 0.255 e. The van der Waals surface area contributed by atoms with Crippen molar-refractivity contribution in [1.29, 1.82) is 0 Å². The van der Waals surface area contributed by atoms with Gasteiger partial charge in [0, 0.05) is 23.6 Å². The van der Waals surface area contributed by atoms with Gasteiger partial charge in [0.2, 0.25) is 5.78 Å². The van der Waals surface area contributed by atoms with Crippen molar-refractivity contribution >= 4 is 17.5 Å². The monoisotopic (exact) mass is 563 g/mol. The van der Waals surface area contributed by atoms with Crippen LogP contribution < -0.4 is 5.73 Å². The minimum atomic E-state index is -2.68. The van der Waals surface area contributed by atoms with Gasteiger partial charge in [-0.25, -0.2) is 0 Å². The summed E-state index contributed by atoms with van der Waals surface area (Å²) in [4.78, 5) is 43.0. The molecular formula is C30H33N3O8. The van der Waals surface area contributed by atoms with Crippen molar-refractivity contribution < 1.29 is 39.2 Å². The maximum atomic E-state index is 13.9. The van der Waals surface area contributed by atoms with E-state index in [1.807, 2.05) is 18.0 Å². The quantitative estimate of drug-likeness (QED) is 0.247. The van der Waals surface area contributed by atoms with E-state index in [1.54, 1.807) is 32.3 Å². The normalized spacial score (nSPS) is 25.9. The number of hydrogen-bond acceptors (Lipinski definition) is 10. The Morgan fingerprint density at radius 3 is 2.51 bits per heavy atom. The lowest BCUT2D eigenvalue weighted by molar-refractivity contribution is -0.148. The van der Waals surface area contributed by atoms with Crippen LogP contribution in [0.4, 0.5) is 0 Å². The molecule has 2 aromatic rings. The molecule has 1 heterocycles. The third-order valence-electron chi connectivity index (χ3n) is 8.40. The van der Waals surface area contributed by atoms with Crippen molar-refractivity contribution in [2.75, 3.05) is 27.7 Å². The lowest BCUT2D eigenvalue weighted by Gasteiger charge is -2.50. The summed E-state index contributed by atoms with van der Waals surface area (Å²) in [6.07, 6.45) is 1.96. The number of carbonyl (C=O) groups excluding carboxylic acids is 3. The molecule has 0 radical (unpaired) electrons. The lowest BCUT2D eigenvalue weighted by Crippen LogP contribution is -2.63. The van der Waals surface area contributed by atoms with Crippen molar-refractivity contribution in [2.45, 2.75) is 31.0 Å². The highest BCUT2D eigenvalue weighted by atomic mass is 16.4. The summed E-state index contributed by atoms with van der Waals surface area (Å²) in [5.41, 5.74) is 2.68. The third-order valence-corrected chi connectivity index (χ3v) is 8.40. The zero-order valence-corrected chi connectivity index (χ0v) is 23.0. The van der Waals surface area contributed by atoms with Gasteiger partial charge in [0.25, 0.3) is 5.91 Å². The standard InChI is InChI=1S/C30H33N3O8/c1-5-10-33(4)13-15-6-9-20(41-15)16-7-8-19(34)22-17(16)11-14-12-18-24(32(2)3)26(36)23(29(31)39)28(38)30(18,40)27(37)21(14)25(22)35/h5-9,14,18,24,34,36-37,40H,1,10-13H2,2-4H3,(H2,31,39)/t14-,18-,24-,30-/m0/s1. The van der Waals surface area contributed by atoms with Gasteiger partial charge in [-0.2, -0.15) is 0 Å². The number of rotatable bonds is 7. The van der Waals surface area contributed by atoms with Gasteiger partial charge in [-0.15, -0.1) is 6.58 Å². The fraction of sp³-hybridized carbons (Fsp3) is 0.367. The number of ketones is 2. The lowest BCUT2D eigenvalue weighted by atomic mass is 9.58. The number of fused-ring (bicyclic) bond motifs is 3.